The molecule has 2 aromatic carbocycles. The molecule has 4 rings (SSSR count). The zero-order valence-corrected chi connectivity index (χ0v) is 18.8. The predicted molar refractivity (Wildman–Crippen MR) is 121 cm³/mol. The number of amides is 1. The van der Waals surface area contributed by atoms with E-state index < -0.39 is 0 Å². The van der Waals surface area contributed by atoms with Crippen molar-refractivity contribution in [1.82, 2.24) is 4.98 Å². The van der Waals surface area contributed by atoms with Gasteiger partial charge in [-0.25, -0.2) is 4.98 Å². The zero-order chi connectivity index (χ0) is 22.5. The maximum absolute atomic E-state index is 12.3. The average molecular weight is 453 g/mol. The van der Waals surface area contributed by atoms with Gasteiger partial charge in [0.2, 0.25) is 12.7 Å². The molecule has 0 radical (unpaired) electrons. The summed E-state index contributed by atoms with van der Waals surface area (Å²) in [7, 11) is 0. The fraction of sp³-hybridized carbons (Fsp3) is 0.292. The molecule has 1 aliphatic heterocycles. The molecule has 0 unspecified atom stereocenters. The Labute approximate surface area is 190 Å². The number of rotatable bonds is 8. The van der Waals surface area contributed by atoms with Crippen molar-refractivity contribution in [2.24, 2.45) is 0 Å². The minimum absolute atomic E-state index is 0.0665. The minimum atomic E-state index is -0.309. The lowest BCUT2D eigenvalue weighted by Gasteiger charge is -2.18. The molecule has 0 bridgehead atoms. The van der Waals surface area contributed by atoms with Crippen LogP contribution in [0.25, 0.3) is 0 Å². The first kappa shape index (κ1) is 21.8. The van der Waals surface area contributed by atoms with E-state index in [0.717, 1.165) is 23.4 Å². The van der Waals surface area contributed by atoms with Gasteiger partial charge >= 0.3 is 5.97 Å². The van der Waals surface area contributed by atoms with Gasteiger partial charge in [0.05, 0.1) is 11.4 Å². The Morgan fingerprint density at radius 2 is 1.84 bits per heavy atom. The summed E-state index contributed by atoms with van der Waals surface area (Å²) in [5.41, 5.74) is 3.55. The minimum Gasteiger partial charge on any atom is -0.459 e. The van der Waals surface area contributed by atoms with Gasteiger partial charge in [0, 0.05) is 18.7 Å². The Bertz CT molecular complexity index is 1110. The lowest BCUT2D eigenvalue weighted by Crippen LogP contribution is -2.22. The highest BCUT2D eigenvalue weighted by Crippen LogP contribution is 2.33. The molecule has 3 aromatic rings. The second kappa shape index (κ2) is 9.82. The van der Waals surface area contributed by atoms with E-state index in [1.165, 1.54) is 23.8 Å². The number of esters is 1. The van der Waals surface area contributed by atoms with Crippen molar-refractivity contribution in [1.29, 1.82) is 0 Å². The van der Waals surface area contributed by atoms with Crippen LogP contribution in [0.3, 0.4) is 0 Å². The number of thiazole rings is 1. The number of nitrogens with zero attached hydrogens (tertiary/aromatic N) is 2. The molecule has 7 nitrogen and oxygen atoms in total. The SMILES string of the molecule is CCc1ccc(N(C(C)=O)c2nc(COC(=O)CCc3ccc4c(c3)OCO4)cs2)cc1. The second-order valence-corrected chi connectivity index (χ2v) is 8.18. The molecule has 0 saturated carbocycles. The normalized spacial score (nSPS) is 11.9. The average Bonchev–Trinajstić information content (AvgIpc) is 3.46. The van der Waals surface area contributed by atoms with Crippen molar-refractivity contribution in [3.05, 3.63) is 64.7 Å². The molecular weight excluding hydrogens is 428 g/mol. The Morgan fingerprint density at radius 3 is 2.59 bits per heavy atom. The highest BCUT2D eigenvalue weighted by Gasteiger charge is 2.19. The first-order valence-electron chi connectivity index (χ1n) is 10.4. The molecule has 1 aromatic heterocycles. The smallest absolute Gasteiger partial charge is 0.306 e. The number of hydrogen-bond donors (Lipinski definition) is 0. The Balaban J connectivity index is 1.32. The molecule has 166 valence electrons. The number of carbonyl (C=O) groups is 2. The van der Waals surface area contributed by atoms with Crippen molar-refractivity contribution in [3.63, 3.8) is 0 Å². The van der Waals surface area contributed by atoms with Gasteiger partial charge in [-0.2, -0.15) is 0 Å². The van der Waals surface area contributed by atoms with E-state index in [9.17, 15) is 9.59 Å². The summed E-state index contributed by atoms with van der Waals surface area (Å²) >= 11 is 1.34. The van der Waals surface area contributed by atoms with Gasteiger partial charge in [0.1, 0.15) is 6.61 Å². The van der Waals surface area contributed by atoms with Gasteiger partial charge in [0.15, 0.2) is 16.6 Å². The maximum atomic E-state index is 12.3. The fourth-order valence-electron chi connectivity index (χ4n) is 3.34. The Morgan fingerprint density at radius 1 is 1.09 bits per heavy atom. The lowest BCUT2D eigenvalue weighted by atomic mass is 10.1. The topological polar surface area (TPSA) is 78.0 Å². The monoisotopic (exact) mass is 452 g/mol. The van der Waals surface area contributed by atoms with Crippen LogP contribution in [0.5, 0.6) is 11.5 Å². The van der Waals surface area contributed by atoms with E-state index >= 15 is 0 Å². The molecule has 0 fully saturated rings. The van der Waals surface area contributed by atoms with Crippen molar-refractivity contribution < 1.29 is 23.8 Å². The van der Waals surface area contributed by atoms with Crippen LogP contribution in [0.15, 0.2) is 47.8 Å². The lowest BCUT2D eigenvalue weighted by molar-refractivity contribution is -0.145. The molecule has 2 heterocycles. The third-order valence-electron chi connectivity index (χ3n) is 5.08. The van der Waals surface area contributed by atoms with E-state index in [1.54, 1.807) is 10.3 Å². The maximum Gasteiger partial charge on any atom is 0.306 e. The summed E-state index contributed by atoms with van der Waals surface area (Å²) in [6.07, 6.45) is 1.73. The van der Waals surface area contributed by atoms with Crippen molar-refractivity contribution >= 4 is 34.0 Å². The van der Waals surface area contributed by atoms with E-state index in [0.29, 0.717) is 23.0 Å². The molecule has 0 atom stereocenters. The van der Waals surface area contributed by atoms with Crippen LogP contribution in [0, 0.1) is 0 Å². The number of carbonyl (C=O) groups excluding carboxylic acids is 2. The van der Waals surface area contributed by atoms with Crippen LogP contribution in [-0.4, -0.2) is 23.7 Å². The largest absolute Gasteiger partial charge is 0.459 e. The molecule has 0 saturated heterocycles. The number of ether oxygens (including phenoxy) is 3. The molecule has 0 spiro atoms. The summed E-state index contributed by atoms with van der Waals surface area (Å²) in [6.45, 7) is 3.88. The van der Waals surface area contributed by atoms with E-state index in [2.05, 4.69) is 11.9 Å². The highest BCUT2D eigenvalue weighted by molar-refractivity contribution is 7.14. The summed E-state index contributed by atoms with van der Waals surface area (Å²) in [6, 6.07) is 13.5. The van der Waals surface area contributed by atoms with Gasteiger partial charge in [-0.05, 0) is 48.2 Å². The van der Waals surface area contributed by atoms with Gasteiger partial charge in [-0.15, -0.1) is 11.3 Å². The fourth-order valence-corrected chi connectivity index (χ4v) is 4.21. The summed E-state index contributed by atoms with van der Waals surface area (Å²) in [5.74, 6) is 0.980. The van der Waals surface area contributed by atoms with E-state index in [1.807, 2.05) is 42.5 Å². The molecule has 0 aliphatic carbocycles. The van der Waals surface area contributed by atoms with Crippen molar-refractivity contribution in [2.45, 2.75) is 39.7 Å². The number of benzene rings is 2. The Kier molecular flexibility index (Phi) is 6.70. The molecule has 1 aliphatic rings. The first-order valence-corrected chi connectivity index (χ1v) is 11.3. The molecule has 8 heteroatoms. The van der Waals surface area contributed by atoms with Crippen LogP contribution in [0.4, 0.5) is 10.8 Å². The standard InChI is InChI=1S/C24H24N2O5S/c1-3-17-4-8-20(9-5-17)26(16(2)27)24-25-19(14-32-24)13-29-23(28)11-7-18-6-10-21-22(12-18)31-15-30-21/h4-6,8-10,12,14H,3,7,11,13,15H2,1-2H3. The molecule has 0 N–H and O–H groups in total. The number of aromatic nitrogens is 1. The van der Waals surface area contributed by atoms with Gasteiger partial charge in [0.25, 0.3) is 0 Å². The summed E-state index contributed by atoms with van der Waals surface area (Å²) in [5, 5.41) is 2.35. The number of anilines is 2. The molecular formula is C24H24N2O5S. The molecule has 1 amide bonds. The molecule has 32 heavy (non-hydrogen) atoms. The number of aryl methyl sites for hydroxylation is 2. The third-order valence-corrected chi connectivity index (χ3v) is 5.96. The number of hydrogen-bond acceptors (Lipinski definition) is 7. The van der Waals surface area contributed by atoms with Crippen LogP contribution in [-0.2, 0) is 33.8 Å². The van der Waals surface area contributed by atoms with E-state index in [4.69, 9.17) is 14.2 Å². The quantitative estimate of drug-likeness (QED) is 0.457. The van der Waals surface area contributed by atoms with Gasteiger partial charge in [-0.1, -0.05) is 25.1 Å². The third kappa shape index (κ3) is 5.08. The highest BCUT2D eigenvalue weighted by atomic mass is 32.1. The number of fused-ring (bicyclic) bond motifs is 1. The Hall–Kier alpha value is -3.39. The van der Waals surface area contributed by atoms with Crippen LogP contribution >= 0.6 is 11.3 Å². The van der Waals surface area contributed by atoms with Crippen LogP contribution < -0.4 is 14.4 Å². The van der Waals surface area contributed by atoms with Crippen molar-refractivity contribution in [2.75, 3.05) is 11.7 Å². The van der Waals surface area contributed by atoms with Gasteiger partial charge < -0.3 is 14.2 Å². The van der Waals surface area contributed by atoms with Crippen molar-refractivity contribution in [3.8, 4) is 11.5 Å². The predicted octanol–water partition coefficient (Wildman–Crippen LogP) is 4.79. The van der Waals surface area contributed by atoms with Gasteiger partial charge in [-0.3, -0.25) is 14.5 Å². The van der Waals surface area contributed by atoms with Crippen LogP contribution in [0.2, 0.25) is 0 Å². The van der Waals surface area contributed by atoms with Crippen LogP contribution in [0.1, 0.15) is 37.1 Å². The summed E-state index contributed by atoms with van der Waals surface area (Å²) < 4.78 is 16.0. The zero-order valence-electron chi connectivity index (χ0n) is 18.0. The second-order valence-electron chi connectivity index (χ2n) is 7.34. The van der Waals surface area contributed by atoms with E-state index in [-0.39, 0.29) is 31.7 Å². The summed E-state index contributed by atoms with van der Waals surface area (Å²) in [4.78, 5) is 30.5. The first-order chi connectivity index (χ1) is 15.5.